The van der Waals surface area contributed by atoms with Crippen LogP contribution in [0.5, 0.6) is 5.75 Å². The molecule has 2 rings (SSSR count). The van der Waals surface area contributed by atoms with E-state index in [9.17, 15) is 14.7 Å². The number of carbonyl (C=O) groups excluding carboxylic acids is 1. The van der Waals surface area contributed by atoms with Crippen LogP contribution in [0.4, 0.5) is 10.5 Å². The highest BCUT2D eigenvalue weighted by atomic mass is 16.4. The molecule has 1 unspecified atom stereocenters. The summed E-state index contributed by atoms with van der Waals surface area (Å²) in [7, 11) is 0. The normalized spacial score (nSPS) is 19.6. The third-order valence-electron chi connectivity index (χ3n) is 3.33. The minimum Gasteiger partial charge on any atom is -0.505 e. The Hall–Kier alpha value is -2.24. The third-order valence-corrected chi connectivity index (χ3v) is 3.33. The van der Waals surface area contributed by atoms with Gasteiger partial charge in [-0.15, -0.1) is 0 Å². The lowest BCUT2D eigenvalue weighted by Crippen LogP contribution is -2.32. The highest BCUT2D eigenvalue weighted by Gasteiger charge is 2.46. The van der Waals surface area contributed by atoms with Gasteiger partial charge in [-0.3, -0.25) is 0 Å². The van der Waals surface area contributed by atoms with E-state index in [0.717, 1.165) is 6.42 Å². The number of amides is 2. The zero-order chi connectivity index (χ0) is 14.2. The molecule has 0 radical (unpaired) electrons. The fraction of sp³-hybridized carbons (Fsp3) is 0.385. The molecule has 1 fully saturated rings. The molecule has 1 atom stereocenters. The second-order valence-corrected chi connectivity index (χ2v) is 5.35. The number of anilines is 1. The maximum atomic E-state index is 11.7. The summed E-state index contributed by atoms with van der Waals surface area (Å²) in [5.41, 5.74) is -0.0668. The second kappa shape index (κ2) is 4.46. The first kappa shape index (κ1) is 13.2. The number of aromatic carboxylic acids is 1. The van der Waals surface area contributed by atoms with Crippen LogP contribution in [0.1, 0.15) is 30.6 Å². The van der Waals surface area contributed by atoms with Crippen molar-refractivity contribution < 1.29 is 19.8 Å². The van der Waals surface area contributed by atoms with Crippen LogP contribution in [0.2, 0.25) is 0 Å². The Morgan fingerprint density at radius 2 is 2.00 bits per heavy atom. The first-order valence-corrected chi connectivity index (χ1v) is 5.94. The van der Waals surface area contributed by atoms with Crippen LogP contribution in [-0.4, -0.2) is 28.3 Å². The van der Waals surface area contributed by atoms with Gasteiger partial charge in [0.1, 0.15) is 5.56 Å². The second-order valence-electron chi connectivity index (χ2n) is 5.35. The summed E-state index contributed by atoms with van der Waals surface area (Å²) in [6.07, 6.45) is 0.904. The maximum Gasteiger partial charge on any atom is 0.339 e. The highest BCUT2D eigenvalue weighted by Crippen LogP contribution is 2.44. The summed E-state index contributed by atoms with van der Waals surface area (Å²) >= 11 is 0. The number of carbonyl (C=O) groups is 2. The molecule has 1 saturated carbocycles. The van der Waals surface area contributed by atoms with Crippen LogP contribution < -0.4 is 10.6 Å². The minimum atomic E-state index is -1.25. The molecule has 2 amide bonds. The van der Waals surface area contributed by atoms with Gasteiger partial charge < -0.3 is 20.8 Å². The van der Waals surface area contributed by atoms with E-state index in [0.29, 0.717) is 0 Å². The Kier molecular flexibility index (Phi) is 3.09. The van der Waals surface area contributed by atoms with Crippen molar-refractivity contribution in [1.82, 2.24) is 5.32 Å². The number of hydrogen-bond acceptors (Lipinski definition) is 3. The molecular formula is C13H16N2O4. The smallest absolute Gasteiger partial charge is 0.339 e. The van der Waals surface area contributed by atoms with Gasteiger partial charge in [-0.05, 0) is 24.0 Å². The molecule has 1 aliphatic carbocycles. The Bertz CT molecular complexity index is 539. The van der Waals surface area contributed by atoms with Gasteiger partial charge in [0.05, 0.1) is 5.69 Å². The number of carboxylic acid groups (broad SMARTS) is 1. The monoisotopic (exact) mass is 264 g/mol. The van der Waals surface area contributed by atoms with E-state index in [1.54, 1.807) is 0 Å². The van der Waals surface area contributed by atoms with Crippen molar-refractivity contribution in [3.05, 3.63) is 23.8 Å². The molecule has 0 aliphatic heterocycles. The zero-order valence-corrected chi connectivity index (χ0v) is 10.7. The maximum absolute atomic E-state index is 11.7. The van der Waals surface area contributed by atoms with Crippen LogP contribution in [-0.2, 0) is 0 Å². The fourth-order valence-corrected chi connectivity index (χ4v) is 1.85. The molecule has 0 bridgehead atoms. The van der Waals surface area contributed by atoms with E-state index in [2.05, 4.69) is 10.6 Å². The first-order valence-electron chi connectivity index (χ1n) is 5.94. The van der Waals surface area contributed by atoms with Crippen molar-refractivity contribution >= 4 is 17.7 Å². The third kappa shape index (κ3) is 2.78. The van der Waals surface area contributed by atoms with E-state index in [1.807, 2.05) is 13.8 Å². The number of urea groups is 1. The lowest BCUT2D eigenvalue weighted by atomic mass is 10.1. The van der Waals surface area contributed by atoms with Gasteiger partial charge in [0.15, 0.2) is 5.75 Å². The molecule has 0 aromatic heterocycles. The lowest BCUT2D eigenvalue weighted by molar-refractivity contribution is 0.0693. The average Bonchev–Trinajstić information content (AvgIpc) is 2.88. The van der Waals surface area contributed by atoms with Crippen LogP contribution in [0, 0.1) is 5.41 Å². The van der Waals surface area contributed by atoms with Gasteiger partial charge in [-0.1, -0.05) is 19.9 Å². The number of para-hydroxylation sites is 1. The van der Waals surface area contributed by atoms with Crippen LogP contribution in [0.3, 0.4) is 0 Å². The van der Waals surface area contributed by atoms with Crippen LogP contribution in [0.15, 0.2) is 18.2 Å². The van der Waals surface area contributed by atoms with E-state index in [-0.39, 0.29) is 22.7 Å². The molecule has 102 valence electrons. The van der Waals surface area contributed by atoms with Crippen molar-refractivity contribution in [2.45, 2.75) is 26.3 Å². The summed E-state index contributed by atoms with van der Waals surface area (Å²) < 4.78 is 0. The van der Waals surface area contributed by atoms with Gasteiger partial charge in [0.25, 0.3) is 0 Å². The molecule has 19 heavy (non-hydrogen) atoms. The summed E-state index contributed by atoms with van der Waals surface area (Å²) in [6.45, 7) is 4.08. The predicted octanol–water partition coefficient (Wildman–Crippen LogP) is 2.01. The predicted molar refractivity (Wildman–Crippen MR) is 69.4 cm³/mol. The molecule has 4 N–H and O–H groups in total. The molecule has 1 aromatic rings. The average molecular weight is 264 g/mol. The summed E-state index contributed by atoms with van der Waals surface area (Å²) in [6, 6.07) is 3.83. The number of phenols is 1. The van der Waals surface area contributed by atoms with Crippen LogP contribution >= 0.6 is 0 Å². The fourth-order valence-electron chi connectivity index (χ4n) is 1.85. The van der Waals surface area contributed by atoms with Crippen molar-refractivity contribution in [1.29, 1.82) is 0 Å². The Labute approximate surface area is 110 Å². The summed E-state index contributed by atoms with van der Waals surface area (Å²) in [5.74, 6) is -1.69. The van der Waals surface area contributed by atoms with Gasteiger partial charge in [0.2, 0.25) is 0 Å². The molecule has 1 aromatic carbocycles. The molecule has 1 aliphatic rings. The molecular weight excluding hydrogens is 248 g/mol. The number of rotatable bonds is 3. The van der Waals surface area contributed by atoms with E-state index < -0.39 is 17.7 Å². The molecule has 0 heterocycles. The van der Waals surface area contributed by atoms with Gasteiger partial charge in [0, 0.05) is 6.04 Å². The Morgan fingerprint density at radius 3 is 2.53 bits per heavy atom. The molecule has 0 saturated heterocycles. The standard InChI is InChI=1S/C13H16N2O4/c1-13(2)6-9(13)15-12(19)14-8-5-3-4-7(10(8)16)11(17)18/h3-5,9,16H,6H2,1-2H3,(H,17,18)(H2,14,15,19). The number of carboxylic acids is 1. The number of hydrogen-bond donors (Lipinski definition) is 4. The Morgan fingerprint density at radius 1 is 1.37 bits per heavy atom. The van der Waals surface area contributed by atoms with Crippen molar-refractivity contribution in [2.24, 2.45) is 5.41 Å². The van der Waals surface area contributed by atoms with E-state index in [4.69, 9.17) is 5.11 Å². The number of aromatic hydroxyl groups is 1. The van der Waals surface area contributed by atoms with Crippen molar-refractivity contribution in [3.8, 4) is 5.75 Å². The highest BCUT2D eigenvalue weighted by molar-refractivity contribution is 5.97. The summed E-state index contributed by atoms with van der Waals surface area (Å²) in [5, 5.41) is 23.8. The quantitative estimate of drug-likeness (QED) is 0.627. The number of nitrogens with one attached hydrogen (secondary N) is 2. The summed E-state index contributed by atoms with van der Waals surface area (Å²) in [4.78, 5) is 22.5. The minimum absolute atomic E-state index is 0.0795. The van der Waals surface area contributed by atoms with Gasteiger partial charge in [-0.2, -0.15) is 0 Å². The van der Waals surface area contributed by atoms with E-state index >= 15 is 0 Å². The lowest BCUT2D eigenvalue weighted by Gasteiger charge is -2.11. The van der Waals surface area contributed by atoms with Gasteiger partial charge >= 0.3 is 12.0 Å². The molecule has 6 nitrogen and oxygen atoms in total. The first-order chi connectivity index (χ1) is 8.81. The SMILES string of the molecule is CC1(C)CC1NC(=O)Nc1cccc(C(=O)O)c1O. The largest absolute Gasteiger partial charge is 0.505 e. The van der Waals surface area contributed by atoms with Crippen molar-refractivity contribution in [2.75, 3.05) is 5.32 Å². The van der Waals surface area contributed by atoms with Gasteiger partial charge in [-0.25, -0.2) is 9.59 Å². The molecule has 0 spiro atoms. The zero-order valence-electron chi connectivity index (χ0n) is 10.7. The van der Waals surface area contributed by atoms with Crippen molar-refractivity contribution in [3.63, 3.8) is 0 Å². The van der Waals surface area contributed by atoms with Crippen LogP contribution in [0.25, 0.3) is 0 Å². The Balaban J connectivity index is 2.05. The topological polar surface area (TPSA) is 98.7 Å². The molecule has 6 heteroatoms. The van der Waals surface area contributed by atoms with E-state index in [1.165, 1.54) is 18.2 Å². The number of benzene rings is 1.